The Labute approximate surface area is 143 Å². The van der Waals surface area contributed by atoms with E-state index in [2.05, 4.69) is 32.0 Å². The highest BCUT2D eigenvalue weighted by atomic mass is 16.5. The van der Waals surface area contributed by atoms with Crippen LogP contribution in [0.15, 0.2) is 6.33 Å². The molecular weight excluding hydrogens is 306 g/mol. The van der Waals surface area contributed by atoms with Crippen LogP contribution >= 0.6 is 0 Å². The summed E-state index contributed by atoms with van der Waals surface area (Å²) in [4.78, 5) is 24.1. The Morgan fingerprint density at radius 2 is 2.25 bits per heavy atom. The van der Waals surface area contributed by atoms with Gasteiger partial charge in [0.1, 0.15) is 0 Å². The van der Waals surface area contributed by atoms with Crippen LogP contribution in [0.2, 0.25) is 0 Å². The zero-order valence-corrected chi connectivity index (χ0v) is 14.8. The Balaban J connectivity index is 1.66. The van der Waals surface area contributed by atoms with E-state index in [9.17, 15) is 4.79 Å². The molecule has 7 nitrogen and oxygen atoms in total. The van der Waals surface area contributed by atoms with Crippen molar-refractivity contribution < 1.29 is 9.53 Å². The van der Waals surface area contributed by atoms with Gasteiger partial charge in [-0.25, -0.2) is 4.98 Å². The van der Waals surface area contributed by atoms with E-state index in [1.165, 1.54) is 6.42 Å². The van der Waals surface area contributed by atoms with Crippen molar-refractivity contribution in [2.45, 2.75) is 26.3 Å². The number of aromatic nitrogens is 2. The van der Waals surface area contributed by atoms with Crippen LogP contribution in [-0.2, 0) is 16.1 Å². The van der Waals surface area contributed by atoms with Gasteiger partial charge in [0.15, 0.2) is 0 Å². The first-order chi connectivity index (χ1) is 11.6. The summed E-state index contributed by atoms with van der Waals surface area (Å²) in [5, 5.41) is 2.73. The van der Waals surface area contributed by atoms with E-state index in [0.29, 0.717) is 13.2 Å². The van der Waals surface area contributed by atoms with E-state index < -0.39 is 0 Å². The molecule has 2 N–H and O–H groups in total. The highest BCUT2D eigenvalue weighted by molar-refractivity contribution is 5.77. The lowest BCUT2D eigenvalue weighted by Crippen LogP contribution is -2.51. The number of amides is 1. The number of aromatic amines is 1. The van der Waals surface area contributed by atoms with Gasteiger partial charge in [-0.3, -0.25) is 14.6 Å². The quantitative estimate of drug-likeness (QED) is 0.832. The Kier molecular flexibility index (Phi) is 5.53. The molecule has 2 aliphatic heterocycles. The molecule has 3 rings (SSSR count). The monoisotopic (exact) mass is 335 g/mol. The number of hydrogen-bond acceptors (Lipinski definition) is 5. The summed E-state index contributed by atoms with van der Waals surface area (Å²) in [7, 11) is 1.70. The molecule has 1 spiro atoms. The summed E-state index contributed by atoms with van der Waals surface area (Å²) < 4.78 is 5.92. The number of ether oxygens (including phenoxy) is 1. The number of piperidine rings is 1. The molecule has 2 fully saturated rings. The number of carbonyl (C=O) groups is 1. The van der Waals surface area contributed by atoms with Crippen molar-refractivity contribution in [2.75, 3.05) is 53.0 Å². The van der Waals surface area contributed by atoms with E-state index in [1.807, 2.05) is 0 Å². The zero-order valence-electron chi connectivity index (χ0n) is 14.8. The lowest BCUT2D eigenvalue weighted by atomic mass is 9.80. The molecule has 2 aliphatic rings. The molecule has 3 heterocycles. The molecule has 1 unspecified atom stereocenters. The van der Waals surface area contributed by atoms with Crippen LogP contribution in [0.4, 0.5) is 0 Å². The van der Waals surface area contributed by atoms with Crippen molar-refractivity contribution in [3.8, 4) is 0 Å². The van der Waals surface area contributed by atoms with E-state index in [4.69, 9.17) is 4.74 Å². The number of nitrogens with zero attached hydrogens (tertiary/aromatic N) is 3. The molecule has 0 radical (unpaired) electrons. The lowest BCUT2D eigenvalue weighted by molar-refractivity contribution is -0.122. The topological polar surface area (TPSA) is 73.5 Å². The fourth-order valence-electron chi connectivity index (χ4n) is 3.95. The van der Waals surface area contributed by atoms with Crippen LogP contribution in [0.3, 0.4) is 0 Å². The Morgan fingerprint density at radius 3 is 3.00 bits per heavy atom. The average Bonchev–Trinajstić information content (AvgIpc) is 2.86. The van der Waals surface area contributed by atoms with E-state index >= 15 is 0 Å². The smallest absolute Gasteiger partial charge is 0.233 e. The van der Waals surface area contributed by atoms with Gasteiger partial charge < -0.3 is 15.0 Å². The highest BCUT2D eigenvalue weighted by Gasteiger charge is 2.39. The maximum absolute atomic E-state index is 11.8. The number of aryl methyl sites for hydroxylation is 1. The molecule has 7 heteroatoms. The highest BCUT2D eigenvalue weighted by Crippen LogP contribution is 2.33. The number of likely N-dealkylation sites (tertiary alicyclic amines) is 1. The molecule has 1 amide bonds. The Bertz CT molecular complexity index is 561. The zero-order chi connectivity index (χ0) is 17.0. The molecule has 1 atom stereocenters. The van der Waals surface area contributed by atoms with Gasteiger partial charge in [0.05, 0.1) is 31.8 Å². The van der Waals surface area contributed by atoms with E-state index in [0.717, 1.165) is 57.1 Å². The summed E-state index contributed by atoms with van der Waals surface area (Å²) in [6, 6.07) is 0. The molecule has 2 saturated heterocycles. The van der Waals surface area contributed by atoms with Gasteiger partial charge in [-0.1, -0.05) is 0 Å². The van der Waals surface area contributed by atoms with Crippen LogP contribution in [0, 0.1) is 12.3 Å². The molecule has 134 valence electrons. The number of H-pyrrole nitrogens is 1. The molecule has 0 bridgehead atoms. The normalized spacial score (nSPS) is 26.4. The lowest BCUT2D eigenvalue weighted by Gasteiger charge is -2.43. The minimum absolute atomic E-state index is 0.0758. The van der Waals surface area contributed by atoms with Gasteiger partial charge in [-0.05, 0) is 26.3 Å². The standard InChI is InChI=1S/C17H29N5O2/c1-14-15(20-13-19-14)8-21-5-3-4-17(10-21)11-22(6-7-24-12-17)9-16(23)18-2/h13H,3-12H2,1-2H3,(H,18,23)(H,19,20). The number of rotatable bonds is 4. The summed E-state index contributed by atoms with van der Waals surface area (Å²) in [6.45, 7) is 8.76. The van der Waals surface area contributed by atoms with E-state index in [1.54, 1.807) is 13.4 Å². The number of carbonyl (C=O) groups excluding carboxylic acids is 1. The second-order valence-corrected chi connectivity index (χ2v) is 7.22. The predicted molar refractivity (Wildman–Crippen MR) is 91.6 cm³/mol. The Hall–Kier alpha value is -1.44. The van der Waals surface area contributed by atoms with Gasteiger partial charge in [0.25, 0.3) is 0 Å². The minimum Gasteiger partial charge on any atom is -0.379 e. The SMILES string of the molecule is CNC(=O)CN1CCOCC2(CCCN(Cc3nc[nH]c3C)C2)C1. The summed E-state index contributed by atoms with van der Waals surface area (Å²) >= 11 is 0. The maximum Gasteiger partial charge on any atom is 0.233 e. The van der Waals surface area contributed by atoms with Crippen molar-refractivity contribution >= 4 is 5.91 Å². The summed E-state index contributed by atoms with van der Waals surface area (Å²) in [5.74, 6) is 0.0758. The summed E-state index contributed by atoms with van der Waals surface area (Å²) in [6.07, 6.45) is 4.10. The van der Waals surface area contributed by atoms with Gasteiger partial charge in [-0.15, -0.1) is 0 Å². The molecule has 1 aromatic heterocycles. The van der Waals surface area contributed by atoms with Crippen molar-refractivity contribution in [1.82, 2.24) is 25.1 Å². The molecule has 0 saturated carbocycles. The second-order valence-electron chi connectivity index (χ2n) is 7.22. The first-order valence-electron chi connectivity index (χ1n) is 8.82. The van der Waals surface area contributed by atoms with Crippen molar-refractivity contribution in [3.63, 3.8) is 0 Å². The van der Waals surface area contributed by atoms with Gasteiger partial charge in [-0.2, -0.15) is 0 Å². The molecule has 0 aromatic carbocycles. The van der Waals surface area contributed by atoms with Crippen LogP contribution in [-0.4, -0.2) is 78.7 Å². The van der Waals surface area contributed by atoms with E-state index in [-0.39, 0.29) is 11.3 Å². The molecule has 24 heavy (non-hydrogen) atoms. The second kappa shape index (κ2) is 7.63. The van der Waals surface area contributed by atoms with Gasteiger partial charge in [0.2, 0.25) is 5.91 Å². The van der Waals surface area contributed by atoms with Gasteiger partial charge in [0, 0.05) is 44.3 Å². The largest absolute Gasteiger partial charge is 0.379 e. The van der Waals surface area contributed by atoms with Crippen LogP contribution in [0.25, 0.3) is 0 Å². The van der Waals surface area contributed by atoms with Crippen molar-refractivity contribution in [3.05, 3.63) is 17.7 Å². The third-order valence-corrected chi connectivity index (χ3v) is 5.21. The van der Waals surface area contributed by atoms with Crippen LogP contribution in [0.1, 0.15) is 24.2 Å². The molecule has 1 aromatic rings. The third kappa shape index (κ3) is 4.15. The number of imidazole rings is 1. The number of hydrogen-bond donors (Lipinski definition) is 2. The Morgan fingerprint density at radius 1 is 1.42 bits per heavy atom. The molecule has 0 aliphatic carbocycles. The van der Waals surface area contributed by atoms with Crippen LogP contribution < -0.4 is 5.32 Å². The maximum atomic E-state index is 11.8. The molecular formula is C17H29N5O2. The minimum atomic E-state index is 0.0758. The predicted octanol–water partition coefficient (Wildman–Crippen LogP) is 0.379. The van der Waals surface area contributed by atoms with Gasteiger partial charge >= 0.3 is 0 Å². The number of nitrogens with one attached hydrogen (secondary N) is 2. The van der Waals surface area contributed by atoms with Crippen LogP contribution in [0.5, 0.6) is 0 Å². The first-order valence-corrected chi connectivity index (χ1v) is 8.82. The first kappa shape index (κ1) is 17.4. The average molecular weight is 335 g/mol. The van der Waals surface area contributed by atoms with Crippen molar-refractivity contribution in [2.24, 2.45) is 5.41 Å². The third-order valence-electron chi connectivity index (χ3n) is 5.21. The van der Waals surface area contributed by atoms with Crippen molar-refractivity contribution in [1.29, 1.82) is 0 Å². The number of likely N-dealkylation sites (N-methyl/N-ethyl adjacent to an activating group) is 1. The fraction of sp³-hybridized carbons (Fsp3) is 0.765. The summed E-state index contributed by atoms with van der Waals surface area (Å²) in [5.41, 5.74) is 2.39. The fourth-order valence-corrected chi connectivity index (χ4v) is 3.95.